The molecule has 33 heavy (non-hydrogen) atoms. The summed E-state index contributed by atoms with van der Waals surface area (Å²) < 4.78 is 12.9. The highest BCUT2D eigenvalue weighted by molar-refractivity contribution is 6.09. The highest BCUT2D eigenvalue weighted by atomic mass is 16.5. The average Bonchev–Trinajstić information content (AvgIpc) is 3.11. The molecule has 0 amide bonds. The number of ether oxygens (including phenoxy) is 2. The Kier molecular flexibility index (Phi) is 7.07. The van der Waals surface area contributed by atoms with Crippen LogP contribution >= 0.6 is 0 Å². The number of rotatable bonds is 10. The van der Waals surface area contributed by atoms with Gasteiger partial charge in [0.1, 0.15) is 22.6 Å². The summed E-state index contributed by atoms with van der Waals surface area (Å²) in [5.41, 5.74) is 9.94. The molecule has 0 aliphatic carbocycles. The molecule has 0 aliphatic heterocycles. The van der Waals surface area contributed by atoms with Crippen molar-refractivity contribution < 1.29 is 14.3 Å². The van der Waals surface area contributed by atoms with Crippen LogP contribution in [0.2, 0.25) is 0 Å². The Morgan fingerprint density at radius 3 is 2.33 bits per heavy atom. The van der Waals surface area contributed by atoms with Gasteiger partial charge in [0.25, 0.3) is 0 Å². The zero-order valence-electron chi connectivity index (χ0n) is 19.2. The third-order valence-electron chi connectivity index (χ3n) is 5.59. The number of anilines is 1. The Morgan fingerprint density at radius 1 is 0.939 bits per heavy atom. The summed E-state index contributed by atoms with van der Waals surface area (Å²) in [5.74, 6) is 0.554. The minimum absolute atomic E-state index is 0.255. The molecule has 2 N–H and O–H groups in total. The van der Waals surface area contributed by atoms with Gasteiger partial charge in [-0.05, 0) is 49.7 Å². The summed E-state index contributed by atoms with van der Waals surface area (Å²) >= 11 is 0. The van der Waals surface area contributed by atoms with Crippen LogP contribution < -0.4 is 10.5 Å². The summed E-state index contributed by atoms with van der Waals surface area (Å²) in [4.78, 5) is 22.6. The molecule has 2 aromatic heterocycles. The van der Waals surface area contributed by atoms with E-state index < -0.39 is 5.97 Å². The fourth-order valence-corrected chi connectivity index (χ4v) is 3.92. The van der Waals surface area contributed by atoms with E-state index in [1.54, 1.807) is 4.57 Å². The molecule has 2 aromatic carbocycles. The molecule has 0 saturated heterocycles. The summed E-state index contributed by atoms with van der Waals surface area (Å²) in [6, 6.07) is 15.1. The number of hydrogen-bond acceptors (Lipinski definition) is 6. The minimum Gasteiger partial charge on any atom is -0.494 e. The molecule has 0 radical (unpaired) electrons. The number of nitrogen functional groups attached to an aromatic ring is 1. The standard InChI is InChI=1S/C26H30N4O3/c1-3-5-6-7-10-17-33-26(31)22-23-25(29-21-12-9-8-11-20(21)28-23)30(24(22)27)18-13-15-19(16-14-18)32-4-2/h8-9,11-16H,3-7,10,17,27H2,1-2H3. The first-order chi connectivity index (χ1) is 16.1. The van der Waals surface area contributed by atoms with Crippen molar-refractivity contribution in [2.45, 2.75) is 46.0 Å². The monoisotopic (exact) mass is 446 g/mol. The maximum absolute atomic E-state index is 13.1. The van der Waals surface area contributed by atoms with Crippen molar-refractivity contribution in [1.82, 2.24) is 14.5 Å². The van der Waals surface area contributed by atoms with E-state index in [0.29, 0.717) is 29.9 Å². The zero-order valence-corrected chi connectivity index (χ0v) is 19.2. The largest absolute Gasteiger partial charge is 0.494 e. The van der Waals surface area contributed by atoms with Gasteiger partial charge >= 0.3 is 5.97 Å². The van der Waals surface area contributed by atoms with Crippen LogP contribution in [0.25, 0.3) is 27.9 Å². The summed E-state index contributed by atoms with van der Waals surface area (Å²) in [7, 11) is 0. The topological polar surface area (TPSA) is 92.3 Å². The van der Waals surface area contributed by atoms with Crippen molar-refractivity contribution in [2.24, 2.45) is 0 Å². The van der Waals surface area contributed by atoms with Crippen molar-refractivity contribution in [3.05, 3.63) is 54.1 Å². The van der Waals surface area contributed by atoms with E-state index in [4.69, 9.17) is 25.2 Å². The molecule has 0 fully saturated rings. The third-order valence-corrected chi connectivity index (χ3v) is 5.59. The molecule has 7 heteroatoms. The Bertz CT molecular complexity index is 1250. The number of aromatic nitrogens is 3. The van der Waals surface area contributed by atoms with Gasteiger partial charge in [-0.1, -0.05) is 44.7 Å². The molecular weight excluding hydrogens is 416 g/mol. The van der Waals surface area contributed by atoms with Crippen LogP contribution in [0, 0.1) is 0 Å². The van der Waals surface area contributed by atoms with E-state index in [9.17, 15) is 4.79 Å². The second-order valence-electron chi connectivity index (χ2n) is 7.96. The van der Waals surface area contributed by atoms with Crippen molar-refractivity contribution in [3.8, 4) is 11.4 Å². The number of benzene rings is 2. The van der Waals surface area contributed by atoms with Crippen molar-refractivity contribution in [2.75, 3.05) is 18.9 Å². The molecule has 0 spiro atoms. The predicted molar refractivity (Wildman–Crippen MR) is 131 cm³/mol. The van der Waals surface area contributed by atoms with Gasteiger partial charge in [0.05, 0.1) is 24.2 Å². The van der Waals surface area contributed by atoms with Gasteiger partial charge in [0, 0.05) is 5.69 Å². The smallest absolute Gasteiger partial charge is 0.344 e. The normalized spacial score (nSPS) is 11.2. The van der Waals surface area contributed by atoms with Gasteiger partial charge in [0.15, 0.2) is 5.65 Å². The lowest BCUT2D eigenvalue weighted by molar-refractivity contribution is 0.0501. The molecule has 7 nitrogen and oxygen atoms in total. The molecule has 0 aliphatic rings. The number of hydrogen-bond donors (Lipinski definition) is 1. The van der Waals surface area contributed by atoms with Gasteiger partial charge in [-0.15, -0.1) is 0 Å². The van der Waals surface area contributed by atoms with Crippen LogP contribution in [0.3, 0.4) is 0 Å². The van der Waals surface area contributed by atoms with Gasteiger partial charge in [-0.2, -0.15) is 0 Å². The van der Waals surface area contributed by atoms with Crippen molar-refractivity contribution in [1.29, 1.82) is 0 Å². The Labute approximate surface area is 193 Å². The molecule has 2 heterocycles. The molecule has 4 rings (SSSR count). The van der Waals surface area contributed by atoms with E-state index in [-0.39, 0.29) is 11.4 Å². The number of nitrogens with two attached hydrogens (primary N) is 1. The van der Waals surface area contributed by atoms with Crippen LogP contribution in [-0.2, 0) is 4.74 Å². The number of fused-ring (bicyclic) bond motifs is 2. The number of para-hydroxylation sites is 2. The van der Waals surface area contributed by atoms with Gasteiger partial charge in [-0.25, -0.2) is 14.8 Å². The lowest BCUT2D eigenvalue weighted by Gasteiger charge is -2.09. The number of esters is 1. The molecule has 0 unspecified atom stereocenters. The van der Waals surface area contributed by atoms with Gasteiger partial charge < -0.3 is 15.2 Å². The molecule has 172 valence electrons. The Balaban J connectivity index is 1.73. The maximum Gasteiger partial charge on any atom is 0.344 e. The maximum atomic E-state index is 13.1. The summed E-state index contributed by atoms with van der Waals surface area (Å²) in [6.07, 6.45) is 5.38. The van der Waals surface area contributed by atoms with Gasteiger partial charge in [-0.3, -0.25) is 4.57 Å². The zero-order chi connectivity index (χ0) is 23.2. The first-order valence-corrected chi connectivity index (χ1v) is 11.6. The molecular formula is C26H30N4O3. The highest BCUT2D eigenvalue weighted by Crippen LogP contribution is 2.32. The van der Waals surface area contributed by atoms with Crippen LogP contribution in [0.15, 0.2) is 48.5 Å². The third kappa shape index (κ3) is 4.77. The summed E-state index contributed by atoms with van der Waals surface area (Å²) in [6.45, 7) is 5.06. The molecule has 0 bridgehead atoms. The lowest BCUT2D eigenvalue weighted by atomic mass is 10.2. The quantitative estimate of drug-likeness (QED) is 0.249. The second-order valence-corrected chi connectivity index (χ2v) is 7.96. The van der Waals surface area contributed by atoms with Crippen LogP contribution in [0.1, 0.15) is 56.3 Å². The van der Waals surface area contributed by atoms with E-state index in [1.807, 2.05) is 55.5 Å². The SMILES string of the molecule is CCCCCCCOC(=O)c1c(N)n(-c2ccc(OCC)cc2)c2nc3ccccc3nc12. The van der Waals surface area contributed by atoms with Crippen LogP contribution in [0.5, 0.6) is 5.75 Å². The summed E-state index contributed by atoms with van der Waals surface area (Å²) in [5, 5.41) is 0. The number of carbonyl (C=O) groups excluding carboxylic acids is 1. The van der Waals surface area contributed by atoms with Crippen molar-refractivity contribution >= 4 is 34.0 Å². The molecule has 4 aromatic rings. The minimum atomic E-state index is -0.470. The first kappa shape index (κ1) is 22.6. The number of nitrogens with zero attached hydrogens (tertiary/aromatic N) is 3. The van der Waals surface area contributed by atoms with Gasteiger partial charge in [0.2, 0.25) is 0 Å². The highest BCUT2D eigenvalue weighted by Gasteiger charge is 2.26. The van der Waals surface area contributed by atoms with E-state index >= 15 is 0 Å². The first-order valence-electron chi connectivity index (χ1n) is 11.6. The fourth-order valence-electron chi connectivity index (χ4n) is 3.92. The lowest BCUT2D eigenvalue weighted by Crippen LogP contribution is -2.10. The Hall–Kier alpha value is -3.61. The molecule has 0 atom stereocenters. The van der Waals surface area contributed by atoms with E-state index in [2.05, 4.69) is 6.92 Å². The number of carbonyl (C=O) groups is 1. The van der Waals surface area contributed by atoms with Crippen molar-refractivity contribution in [3.63, 3.8) is 0 Å². The van der Waals surface area contributed by atoms with Crippen LogP contribution in [-0.4, -0.2) is 33.7 Å². The average molecular weight is 447 g/mol. The number of unbranched alkanes of at least 4 members (excludes halogenated alkanes) is 4. The predicted octanol–water partition coefficient (Wildman–Crippen LogP) is 5.68. The fraction of sp³-hybridized carbons (Fsp3) is 0.346. The van der Waals surface area contributed by atoms with E-state index in [0.717, 1.165) is 36.2 Å². The second kappa shape index (κ2) is 10.3. The Morgan fingerprint density at radius 2 is 1.64 bits per heavy atom. The molecule has 0 saturated carbocycles. The van der Waals surface area contributed by atoms with Crippen LogP contribution in [0.4, 0.5) is 5.82 Å². The van der Waals surface area contributed by atoms with E-state index in [1.165, 1.54) is 12.8 Å².